The maximum atomic E-state index is 13.6. The smallest absolute Gasteiger partial charge is 0.349 e. The normalized spacial score (nSPS) is 34.2. The molecule has 1 fully saturated rings. The molecule has 1 saturated heterocycles. The zero-order valence-corrected chi connectivity index (χ0v) is 8.23. The van der Waals surface area contributed by atoms with Crippen LogP contribution in [0.25, 0.3) is 0 Å². The summed E-state index contributed by atoms with van der Waals surface area (Å²) in [5, 5.41) is 18.2. The first kappa shape index (κ1) is 11.2. The van der Waals surface area contributed by atoms with Crippen LogP contribution in [0.15, 0.2) is 23.3 Å². The van der Waals surface area contributed by atoms with Crippen LogP contribution in [0.1, 0.15) is 6.23 Å². The van der Waals surface area contributed by atoms with Crippen LogP contribution in [0.2, 0.25) is 0 Å². The molecule has 0 unspecified atom stereocenters. The molecule has 1 aliphatic rings. The number of hydrogen-bond acceptors (Lipinski definition) is 5. The van der Waals surface area contributed by atoms with Gasteiger partial charge in [-0.1, -0.05) is 0 Å². The largest absolute Gasteiger partial charge is 0.394 e. The number of hydrogen-bond donors (Lipinski definition) is 2. The van der Waals surface area contributed by atoms with Crippen molar-refractivity contribution < 1.29 is 19.3 Å². The molecule has 1 aromatic rings. The summed E-state index contributed by atoms with van der Waals surface area (Å²) in [5.41, 5.74) is -0.666. The van der Waals surface area contributed by atoms with Crippen molar-refractivity contribution in [2.75, 3.05) is 6.61 Å². The second kappa shape index (κ2) is 4.28. The first-order valence-electron chi connectivity index (χ1n) is 4.76. The SMILES string of the molecule is O=c1ncccn1[C@H]1O[C@@H](CO)[C@@H](O)[C@@H]1F. The predicted octanol–water partition coefficient (Wildman–Crippen LogP) is -1.17. The molecule has 16 heavy (non-hydrogen) atoms. The first-order chi connectivity index (χ1) is 7.65. The number of rotatable bonds is 2. The van der Waals surface area contributed by atoms with Crippen molar-refractivity contribution in [3.8, 4) is 0 Å². The second-order valence-corrected chi connectivity index (χ2v) is 3.49. The molecule has 4 atom stereocenters. The molecule has 1 aromatic heterocycles. The Hall–Kier alpha value is -1.31. The van der Waals surface area contributed by atoms with E-state index in [1.165, 1.54) is 18.5 Å². The van der Waals surface area contributed by atoms with Gasteiger partial charge in [-0.05, 0) is 6.07 Å². The molecule has 0 radical (unpaired) electrons. The van der Waals surface area contributed by atoms with Gasteiger partial charge in [0.25, 0.3) is 0 Å². The van der Waals surface area contributed by atoms with Gasteiger partial charge in [0, 0.05) is 12.4 Å². The Kier molecular flexibility index (Phi) is 2.99. The van der Waals surface area contributed by atoms with Gasteiger partial charge in [0.2, 0.25) is 0 Å². The molecule has 7 heteroatoms. The van der Waals surface area contributed by atoms with E-state index >= 15 is 0 Å². The van der Waals surface area contributed by atoms with E-state index in [4.69, 9.17) is 9.84 Å². The van der Waals surface area contributed by atoms with Crippen LogP contribution in [0.5, 0.6) is 0 Å². The van der Waals surface area contributed by atoms with Crippen molar-refractivity contribution in [3.05, 3.63) is 28.9 Å². The molecular formula is C9H11FN2O4. The van der Waals surface area contributed by atoms with Crippen molar-refractivity contribution in [2.24, 2.45) is 0 Å². The van der Waals surface area contributed by atoms with Crippen LogP contribution in [-0.2, 0) is 4.74 Å². The van der Waals surface area contributed by atoms with Crippen LogP contribution in [0.3, 0.4) is 0 Å². The maximum absolute atomic E-state index is 13.6. The maximum Gasteiger partial charge on any atom is 0.349 e. The molecule has 0 saturated carbocycles. The minimum atomic E-state index is -1.76. The lowest BCUT2D eigenvalue weighted by Crippen LogP contribution is -2.33. The Bertz CT molecular complexity index is 424. The van der Waals surface area contributed by atoms with E-state index in [1.807, 2.05) is 0 Å². The van der Waals surface area contributed by atoms with E-state index in [9.17, 15) is 14.3 Å². The molecule has 2 rings (SSSR count). The lowest BCUT2D eigenvalue weighted by molar-refractivity contribution is -0.0491. The van der Waals surface area contributed by atoms with E-state index < -0.39 is 36.9 Å². The third kappa shape index (κ3) is 1.73. The van der Waals surface area contributed by atoms with Gasteiger partial charge in [0.1, 0.15) is 12.2 Å². The first-order valence-corrected chi connectivity index (χ1v) is 4.76. The van der Waals surface area contributed by atoms with Crippen molar-refractivity contribution in [3.63, 3.8) is 0 Å². The van der Waals surface area contributed by atoms with Crippen LogP contribution in [0, 0.1) is 0 Å². The van der Waals surface area contributed by atoms with Crippen molar-refractivity contribution in [1.82, 2.24) is 9.55 Å². The molecule has 0 aromatic carbocycles. The van der Waals surface area contributed by atoms with Gasteiger partial charge in [-0.3, -0.25) is 4.57 Å². The van der Waals surface area contributed by atoms with Crippen molar-refractivity contribution in [2.45, 2.75) is 24.6 Å². The summed E-state index contributed by atoms with van der Waals surface area (Å²) in [4.78, 5) is 14.8. The van der Waals surface area contributed by atoms with Gasteiger partial charge in [0.15, 0.2) is 12.4 Å². The topological polar surface area (TPSA) is 84.6 Å². The molecule has 2 heterocycles. The zero-order valence-electron chi connectivity index (χ0n) is 8.23. The Morgan fingerprint density at radius 1 is 1.62 bits per heavy atom. The molecule has 88 valence electrons. The lowest BCUT2D eigenvalue weighted by atomic mass is 10.1. The fraction of sp³-hybridized carbons (Fsp3) is 0.556. The third-order valence-electron chi connectivity index (χ3n) is 2.49. The van der Waals surface area contributed by atoms with Crippen LogP contribution in [-0.4, -0.2) is 44.8 Å². The highest BCUT2D eigenvalue weighted by Crippen LogP contribution is 2.30. The van der Waals surface area contributed by atoms with Gasteiger partial charge in [-0.25, -0.2) is 14.2 Å². The molecule has 6 nitrogen and oxygen atoms in total. The minimum Gasteiger partial charge on any atom is -0.394 e. The van der Waals surface area contributed by atoms with Gasteiger partial charge in [-0.15, -0.1) is 0 Å². The van der Waals surface area contributed by atoms with Gasteiger partial charge < -0.3 is 14.9 Å². The molecule has 0 aliphatic carbocycles. The monoisotopic (exact) mass is 230 g/mol. The standard InChI is InChI=1S/C9H11FN2O4/c10-6-7(14)5(4-13)16-8(6)12-3-1-2-11-9(12)15/h1-3,5-8,13-14H,4H2/t5-,6-,7+,8-/m0/s1. The van der Waals surface area contributed by atoms with Gasteiger partial charge in [0.05, 0.1) is 6.61 Å². The second-order valence-electron chi connectivity index (χ2n) is 3.49. The molecule has 0 bridgehead atoms. The van der Waals surface area contributed by atoms with Crippen LogP contribution >= 0.6 is 0 Å². The highest BCUT2D eigenvalue weighted by molar-refractivity contribution is 4.92. The van der Waals surface area contributed by atoms with Gasteiger partial charge >= 0.3 is 5.69 Å². The molecule has 0 spiro atoms. The molecular weight excluding hydrogens is 219 g/mol. The Morgan fingerprint density at radius 2 is 2.38 bits per heavy atom. The highest BCUT2D eigenvalue weighted by atomic mass is 19.1. The Labute approximate surface area is 89.9 Å². The lowest BCUT2D eigenvalue weighted by Gasteiger charge is -2.14. The number of aromatic nitrogens is 2. The van der Waals surface area contributed by atoms with Crippen LogP contribution in [0.4, 0.5) is 4.39 Å². The number of nitrogens with zero attached hydrogens (tertiary/aromatic N) is 2. The summed E-state index contributed by atoms with van der Waals surface area (Å²) in [6, 6.07) is 1.45. The summed E-state index contributed by atoms with van der Waals surface area (Å²) >= 11 is 0. The summed E-state index contributed by atoms with van der Waals surface area (Å²) in [6.45, 7) is -0.507. The molecule has 2 N–H and O–H groups in total. The molecule has 0 amide bonds. The number of halogens is 1. The number of ether oxygens (including phenoxy) is 1. The van der Waals surface area contributed by atoms with E-state index in [2.05, 4.69) is 4.98 Å². The van der Waals surface area contributed by atoms with Crippen molar-refractivity contribution in [1.29, 1.82) is 0 Å². The summed E-state index contributed by atoms with van der Waals surface area (Å²) in [7, 11) is 0. The molecule has 1 aliphatic heterocycles. The minimum absolute atomic E-state index is 0.507. The van der Waals surface area contributed by atoms with Crippen molar-refractivity contribution >= 4 is 0 Å². The van der Waals surface area contributed by atoms with Gasteiger partial charge in [-0.2, -0.15) is 0 Å². The Balaban J connectivity index is 2.30. The zero-order chi connectivity index (χ0) is 11.7. The average molecular weight is 230 g/mol. The fourth-order valence-corrected chi connectivity index (χ4v) is 1.64. The Morgan fingerprint density at radius 3 is 2.94 bits per heavy atom. The third-order valence-corrected chi connectivity index (χ3v) is 2.49. The number of aliphatic hydroxyl groups is 2. The predicted molar refractivity (Wildman–Crippen MR) is 50.4 cm³/mol. The van der Waals surface area contributed by atoms with E-state index in [1.54, 1.807) is 0 Å². The average Bonchev–Trinajstić information content (AvgIpc) is 2.57. The van der Waals surface area contributed by atoms with E-state index in [-0.39, 0.29) is 0 Å². The summed E-state index contributed by atoms with van der Waals surface area (Å²) in [6.07, 6.45) is -2.87. The highest BCUT2D eigenvalue weighted by Gasteiger charge is 2.45. The van der Waals surface area contributed by atoms with E-state index in [0.29, 0.717) is 0 Å². The quantitative estimate of drug-likeness (QED) is 0.669. The number of aliphatic hydroxyl groups excluding tert-OH is 2. The van der Waals surface area contributed by atoms with E-state index in [0.717, 1.165) is 4.57 Å². The summed E-state index contributed by atoms with van der Waals surface area (Å²) in [5.74, 6) is 0. The summed E-state index contributed by atoms with van der Waals surface area (Å²) < 4.78 is 19.6. The fourth-order valence-electron chi connectivity index (χ4n) is 1.64. The van der Waals surface area contributed by atoms with Crippen LogP contribution < -0.4 is 5.69 Å². The number of alkyl halides is 1.